The van der Waals surface area contributed by atoms with Crippen molar-refractivity contribution in [3.8, 4) is 0 Å². The van der Waals surface area contributed by atoms with Crippen molar-refractivity contribution < 1.29 is 23.5 Å². The van der Waals surface area contributed by atoms with Crippen molar-refractivity contribution in [2.75, 3.05) is 5.32 Å². The van der Waals surface area contributed by atoms with Gasteiger partial charge in [0.25, 0.3) is 0 Å². The van der Waals surface area contributed by atoms with Crippen LogP contribution in [0, 0.1) is 30.4 Å². The molecule has 0 radical (unpaired) electrons. The number of anilines is 1. The average molecular weight is 295 g/mol. The number of allylic oxidation sites excluding steroid dienone is 2. The number of halogens is 2. The van der Waals surface area contributed by atoms with Crippen LogP contribution in [-0.4, -0.2) is 17.0 Å². The van der Waals surface area contributed by atoms with Crippen LogP contribution >= 0.6 is 0 Å². The van der Waals surface area contributed by atoms with Gasteiger partial charge < -0.3 is 10.4 Å². The van der Waals surface area contributed by atoms with E-state index in [0.29, 0.717) is 0 Å². The first-order valence-corrected chi connectivity index (χ1v) is 6.55. The van der Waals surface area contributed by atoms with Crippen LogP contribution in [0.25, 0.3) is 0 Å². The molecule has 112 valence electrons. The van der Waals surface area contributed by atoms with Gasteiger partial charge >= 0.3 is 5.97 Å². The Morgan fingerprint density at radius 3 is 2.43 bits per heavy atom. The van der Waals surface area contributed by atoms with Gasteiger partial charge in [0.15, 0.2) is 5.82 Å². The highest BCUT2D eigenvalue weighted by molar-refractivity contribution is 5.95. The Bertz CT molecular complexity index is 613. The van der Waals surface area contributed by atoms with Crippen LogP contribution in [0.3, 0.4) is 0 Å². The molecule has 1 aromatic carbocycles. The summed E-state index contributed by atoms with van der Waals surface area (Å²) in [4.78, 5) is 23.3. The molecule has 0 heterocycles. The average Bonchev–Trinajstić information content (AvgIpc) is 2.47. The molecule has 1 aromatic rings. The summed E-state index contributed by atoms with van der Waals surface area (Å²) in [5.74, 6) is -5.23. The second kappa shape index (κ2) is 6.03. The Balaban J connectivity index is 2.24. The van der Waals surface area contributed by atoms with Gasteiger partial charge in [0.2, 0.25) is 5.91 Å². The number of hydrogen-bond acceptors (Lipinski definition) is 2. The predicted octanol–water partition coefficient (Wildman–Crippen LogP) is 2.88. The second-order valence-electron chi connectivity index (χ2n) is 5.04. The van der Waals surface area contributed by atoms with Gasteiger partial charge in [-0.25, -0.2) is 8.78 Å². The van der Waals surface area contributed by atoms with E-state index in [0.717, 1.165) is 6.07 Å². The smallest absolute Gasteiger partial charge is 0.307 e. The molecular weight excluding hydrogens is 280 g/mol. The number of carbonyl (C=O) groups excluding carboxylic acids is 1. The zero-order valence-electron chi connectivity index (χ0n) is 11.4. The molecule has 0 fully saturated rings. The molecule has 2 atom stereocenters. The van der Waals surface area contributed by atoms with Crippen molar-refractivity contribution in [2.24, 2.45) is 11.8 Å². The molecule has 0 saturated carbocycles. The molecule has 1 aliphatic rings. The highest BCUT2D eigenvalue weighted by Crippen LogP contribution is 2.29. The first kappa shape index (κ1) is 15.2. The van der Waals surface area contributed by atoms with Gasteiger partial charge in [0, 0.05) is 0 Å². The van der Waals surface area contributed by atoms with Crippen LogP contribution in [0.15, 0.2) is 24.3 Å². The van der Waals surface area contributed by atoms with Crippen molar-refractivity contribution in [3.05, 3.63) is 41.5 Å². The third kappa shape index (κ3) is 3.09. The summed E-state index contributed by atoms with van der Waals surface area (Å²) in [6, 6.07) is 2.33. The molecule has 0 bridgehead atoms. The lowest BCUT2D eigenvalue weighted by molar-refractivity contribution is -0.146. The van der Waals surface area contributed by atoms with Crippen LogP contribution in [0.4, 0.5) is 14.5 Å². The quantitative estimate of drug-likeness (QED) is 0.843. The maximum Gasteiger partial charge on any atom is 0.307 e. The van der Waals surface area contributed by atoms with Crippen LogP contribution in [0.5, 0.6) is 0 Å². The van der Waals surface area contributed by atoms with Crippen molar-refractivity contribution in [1.82, 2.24) is 0 Å². The summed E-state index contributed by atoms with van der Waals surface area (Å²) < 4.78 is 27.5. The summed E-state index contributed by atoms with van der Waals surface area (Å²) in [6.07, 6.45) is 3.85. The number of amides is 1. The number of rotatable bonds is 3. The van der Waals surface area contributed by atoms with Crippen LogP contribution in [-0.2, 0) is 9.59 Å². The fraction of sp³-hybridized carbons (Fsp3) is 0.333. The molecule has 4 nitrogen and oxygen atoms in total. The first-order chi connectivity index (χ1) is 9.91. The van der Waals surface area contributed by atoms with Crippen LogP contribution < -0.4 is 5.32 Å². The predicted molar refractivity (Wildman–Crippen MR) is 72.7 cm³/mol. The standard InChI is InChI=1S/C15H15F2NO3/c1-8-6-7-11(16)13(12(8)17)18-14(19)9-4-2-3-5-10(9)15(20)21/h2-3,6-7,9-10H,4-5H2,1H3,(H,18,19)(H,20,21)/t9-,10+/m1/s1. The molecule has 0 spiro atoms. The van der Waals surface area contributed by atoms with Crippen LogP contribution in [0.1, 0.15) is 18.4 Å². The lowest BCUT2D eigenvalue weighted by Gasteiger charge is -2.24. The normalized spacial score (nSPS) is 21.1. The van der Waals surface area contributed by atoms with Gasteiger partial charge in [0.05, 0.1) is 11.8 Å². The lowest BCUT2D eigenvalue weighted by atomic mass is 9.82. The van der Waals surface area contributed by atoms with E-state index in [1.807, 2.05) is 0 Å². The minimum atomic E-state index is -1.09. The summed E-state index contributed by atoms with van der Waals surface area (Å²) >= 11 is 0. The van der Waals surface area contributed by atoms with Crippen molar-refractivity contribution in [1.29, 1.82) is 0 Å². The Morgan fingerprint density at radius 2 is 1.81 bits per heavy atom. The zero-order chi connectivity index (χ0) is 15.6. The molecule has 21 heavy (non-hydrogen) atoms. The first-order valence-electron chi connectivity index (χ1n) is 6.55. The highest BCUT2D eigenvalue weighted by Gasteiger charge is 2.34. The second-order valence-corrected chi connectivity index (χ2v) is 5.04. The third-order valence-corrected chi connectivity index (χ3v) is 3.62. The number of benzene rings is 1. The van der Waals surface area contributed by atoms with Gasteiger partial charge in [-0.15, -0.1) is 0 Å². The van der Waals surface area contributed by atoms with E-state index in [1.165, 1.54) is 13.0 Å². The van der Waals surface area contributed by atoms with E-state index in [-0.39, 0.29) is 18.4 Å². The summed E-state index contributed by atoms with van der Waals surface area (Å²) in [7, 11) is 0. The van der Waals surface area contributed by atoms with E-state index in [9.17, 15) is 18.4 Å². The van der Waals surface area contributed by atoms with Gasteiger partial charge in [-0.1, -0.05) is 18.2 Å². The monoisotopic (exact) mass is 295 g/mol. The summed E-state index contributed by atoms with van der Waals surface area (Å²) in [5, 5.41) is 11.3. The maximum atomic E-state index is 13.9. The van der Waals surface area contributed by atoms with E-state index in [1.54, 1.807) is 12.2 Å². The van der Waals surface area contributed by atoms with Gasteiger partial charge in [-0.05, 0) is 31.4 Å². The van der Waals surface area contributed by atoms with E-state index < -0.39 is 41.0 Å². The fourth-order valence-corrected chi connectivity index (χ4v) is 2.36. The number of hydrogen-bond donors (Lipinski definition) is 2. The number of aliphatic carboxylic acids is 1. The molecule has 0 aromatic heterocycles. The molecule has 6 heteroatoms. The van der Waals surface area contributed by atoms with Gasteiger partial charge in [0.1, 0.15) is 11.5 Å². The van der Waals surface area contributed by atoms with E-state index in [2.05, 4.69) is 5.32 Å². The minimum absolute atomic E-state index is 0.199. The van der Waals surface area contributed by atoms with Crippen molar-refractivity contribution in [3.63, 3.8) is 0 Å². The number of nitrogens with one attached hydrogen (secondary N) is 1. The van der Waals surface area contributed by atoms with Crippen molar-refractivity contribution >= 4 is 17.6 Å². The molecule has 0 saturated heterocycles. The van der Waals surface area contributed by atoms with Crippen LogP contribution in [0.2, 0.25) is 0 Å². The summed E-state index contributed by atoms with van der Waals surface area (Å²) in [6.45, 7) is 1.45. The molecule has 0 unspecified atom stereocenters. The Hall–Kier alpha value is -2.24. The van der Waals surface area contributed by atoms with Gasteiger partial charge in [-0.2, -0.15) is 0 Å². The van der Waals surface area contributed by atoms with Gasteiger partial charge in [-0.3, -0.25) is 9.59 Å². The number of carbonyl (C=O) groups is 2. The molecule has 2 N–H and O–H groups in total. The largest absolute Gasteiger partial charge is 0.481 e. The van der Waals surface area contributed by atoms with E-state index >= 15 is 0 Å². The zero-order valence-corrected chi connectivity index (χ0v) is 11.4. The molecule has 2 rings (SSSR count). The number of aryl methyl sites for hydroxylation is 1. The Labute approximate surface area is 120 Å². The minimum Gasteiger partial charge on any atom is -0.481 e. The van der Waals surface area contributed by atoms with E-state index in [4.69, 9.17) is 5.11 Å². The number of carboxylic acid groups (broad SMARTS) is 1. The molecule has 1 amide bonds. The Kier molecular flexibility index (Phi) is 4.35. The fourth-order valence-electron chi connectivity index (χ4n) is 2.36. The molecule has 1 aliphatic carbocycles. The van der Waals surface area contributed by atoms with Crippen molar-refractivity contribution in [2.45, 2.75) is 19.8 Å². The summed E-state index contributed by atoms with van der Waals surface area (Å²) in [5.41, 5.74) is -0.330. The lowest BCUT2D eigenvalue weighted by Crippen LogP contribution is -2.35. The SMILES string of the molecule is Cc1ccc(F)c(NC(=O)[C@@H]2CC=CC[C@@H]2C(=O)O)c1F. The topological polar surface area (TPSA) is 66.4 Å². The third-order valence-electron chi connectivity index (χ3n) is 3.62. The number of carboxylic acids is 1. The molecular formula is C15H15F2NO3. The maximum absolute atomic E-state index is 13.9. The molecule has 0 aliphatic heterocycles. The highest BCUT2D eigenvalue weighted by atomic mass is 19.1. The Morgan fingerprint density at radius 1 is 1.19 bits per heavy atom.